The largest absolute Gasteiger partial charge is 0.508 e. The molecule has 1 N–H and O–H groups in total. The van der Waals surface area contributed by atoms with Gasteiger partial charge in [0.25, 0.3) is 0 Å². The summed E-state index contributed by atoms with van der Waals surface area (Å²) >= 11 is 0. The lowest BCUT2D eigenvalue weighted by Crippen LogP contribution is -2.46. The fourth-order valence-electron chi connectivity index (χ4n) is 2.37. The minimum atomic E-state index is -4.07. The van der Waals surface area contributed by atoms with E-state index in [9.17, 15) is 18.3 Å². The Morgan fingerprint density at radius 3 is 2.30 bits per heavy atom. The number of benzene rings is 1. The second-order valence-corrected chi connectivity index (χ2v) is 5.15. The zero-order valence-electron chi connectivity index (χ0n) is 11.2. The third kappa shape index (κ3) is 5.02. The Labute approximate surface area is 116 Å². The molecule has 0 atom stereocenters. The highest BCUT2D eigenvalue weighted by Gasteiger charge is 2.28. The van der Waals surface area contributed by atoms with Gasteiger partial charge in [-0.25, -0.2) is 0 Å². The quantitative estimate of drug-likeness (QED) is 0.922. The van der Waals surface area contributed by atoms with E-state index in [0.29, 0.717) is 13.1 Å². The second-order valence-electron chi connectivity index (χ2n) is 5.15. The van der Waals surface area contributed by atoms with Gasteiger partial charge in [-0.05, 0) is 17.7 Å². The molecule has 1 aliphatic heterocycles. The summed E-state index contributed by atoms with van der Waals surface area (Å²) in [5.41, 5.74) is 1.02. The molecule has 0 unspecified atom stereocenters. The van der Waals surface area contributed by atoms with Crippen molar-refractivity contribution in [2.45, 2.75) is 19.1 Å². The molecular formula is C14H19F3N2O. The van der Waals surface area contributed by atoms with Crippen LogP contribution in [0.2, 0.25) is 0 Å². The molecule has 1 aliphatic rings. The normalized spacial score (nSPS) is 18.4. The van der Waals surface area contributed by atoms with E-state index >= 15 is 0 Å². The van der Waals surface area contributed by atoms with Gasteiger partial charge in [-0.2, -0.15) is 13.2 Å². The van der Waals surface area contributed by atoms with E-state index in [4.69, 9.17) is 0 Å². The zero-order chi connectivity index (χ0) is 14.6. The number of hydrogen-bond acceptors (Lipinski definition) is 3. The highest BCUT2D eigenvalue weighted by Crippen LogP contribution is 2.20. The van der Waals surface area contributed by atoms with Crippen LogP contribution in [-0.2, 0) is 6.54 Å². The summed E-state index contributed by atoms with van der Waals surface area (Å²) in [4.78, 5) is 4.05. The molecule has 0 radical (unpaired) electrons. The predicted molar refractivity (Wildman–Crippen MR) is 70.5 cm³/mol. The van der Waals surface area contributed by atoms with Crippen molar-refractivity contribution >= 4 is 0 Å². The van der Waals surface area contributed by atoms with Gasteiger partial charge in [0.1, 0.15) is 5.75 Å². The predicted octanol–water partition coefficient (Wildman–Crippen LogP) is 2.46. The molecule has 0 saturated carbocycles. The number of phenolic OH excluding ortho intramolecular Hbond substituents is 1. The van der Waals surface area contributed by atoms with Crippen LogP contribution in [0, 0.1) is 0 Å². The monoisotopic (exact) mass is 288 g/mol. The number of halogens is 3. The van der Waals surface area contributed by atoms with Crippen molar-refractivity contribution in [3.63, 3.8) is 0 Å². The number of aromatic hydroxyl groups is 1. The second kappa shape index (κ2) is 6.45. The Bertz CT molecular complexity index is 429. The van der Waals surface area contributed by atoms with Gasteiger partial charge >= 0.3 is 6.18 Å². The molecule has 1 fully saturated rings. The summed E-state index contributed by atoms with van der Waals surface area (Å²) in [7, 11) is 0. The van der Waals surface area contributed by atoms with Gasteiger partial charge in [0.15, 0.2) is 0 Å². The van der Waals surface area contributed by atoms with E-state index in [1.165, 1.54) is 0 Å². The average Bonchev–Trinajstić information content (AvgIpc) is 2.37. The van der Waals surface area contributed by atoms with Gasteiger partial charge in [-0.1, -0.05) is 12.1 Å². The van der Waals surface area contributed by atoms with Crippen molar-refractivity contribution in [2.75, 3.05) is 32.7 Å². The molecule has 0 amide bonds. The van der Waals surface area contributed by atoms with E-state index < -0.39 is 12.6 Å². The average molecular weight is 288 g/mol. The van der Waals surface area contributed by atoms with E-state index in [-0.39, 0.29) is 12.3 Å². The number of rotatable bonds is 4. The van der Waals surface area contributed by atoms with E-state index in [0.717, 1.165) is 25.2 Å². The molecule has 2 rings (SSSR count). The Morgan fingerprint density at radius 2 is 1.70 bits per heavy atom. The van der Waals surface area contributed by atoms with Gasteiger partial charge in [-0.15, -0.1) is 0 Å². The van der Waals surface area contributed by atoms with Crippen LogP contribution in [0.25, 0.3) is 0 Å². The molecule has 1 aromatic carbocycles. The Kier molecular flexibility index (Phi) is 4.88. The Balaban J connectivity index is 1.74. The minimum Gasteiger partial charge on any atom is -0.508 e. The number of alkyl halides is 3. The van der Waals surface area contributed by atoms with Crippen LogP contribution in [0.1, 0.15) is 12.0 Å². The molecule has 3 nitrogen and oxygen atoms in total. The maximum absolute atomic E-state index is 12.2. The van der Waals surface area contributed by atoms with E-state index in [2.05, 4.69) is 4.90 Å². The fourth-order valence-corrected chi connectivity index (χ4v) is 2.37. The molecule has 112 valence electrons. The molecule has 0 aromatic heterocycles. The van der Waals surface area contributed by atoms with Crippen LogP contribution >= 0.6 is 0 Å². The number of phenols is 1. The van der Waals surface area contributed by atoms with Crippen LogP contribution in [0.15, 0.2) is 24.3 Å². The molecule has 1 aromatic rings. The summed E-state index contributed by atoms with van der Waals surface area (Å²) < 4.78 is 36.5. The smallest absolute Gasteiger partial charge is 0.390 e. The standard InChI is InChI=1S/C14H19F3N2O/c15-14(16,17)4-5-18-6-8-19(9-7-18)11-12-2-1-3-13(20)10-12/h1-3,10,20H,4-9,11H2. The number of piperazine rings is 1. The first-order valence-corrected chi connectivity index (χ1v) is 6.72. The molecule has 0 spiro atoms. The molecule has 6 heteroatoms. The van der Waals surface area contributed by atoms with Crippen LogP contribution < -0.4 is 0 Å². The number of nitrogens with zero attached hydrogens (tertiary/aromatic N) is 2. The molecule has 1 saturated heterocycles. The van der Waals surface area contributed by atoms with E-state index in [1.807, 2.05) is 11.0 Å². The topological polar surface area (TPSA) is 26.7 Å². The molecule has 20 heavy (non-hydrogen) atoms. The number of hydrogen-bond donors (Lipinski definition) is 1. The minimum absolute atomic E-state index is 0.0868. The summed E-state index contributed by atoms with van der Waals surface area (Å²) in [6, 6.07) is 7.08. The third-order valence-electron chi connectivity index (χ3n) is 3.49. The summed E-state index contributed by atoms with van der Waals surface area (Å²) in [5.74, 6) is 0.242. The maximum atomic E-state index is 12.2. The van der Waals surface area contributed by atoms with Gasteiger partial charge < -0.3 is 10.0 Å². The fraction of sp³-hybridized carbons (Fsp3) is 0.571. The summed E-state index contributed by atoms with van der Waals surface area (Å²) in [6.07, 6.45) is -4.81. The summed E-state index contributed by atoms with van der Waals surface area (Å²) in [6.45, 7) is 3.65. The van der Waals surface area contributed by atoms with Crippen molar-refractivity contribution in [3.05, 3.63) is 29.8 Å². The lowest BCUT2D eigenvalue weighted by atomic mass is 10.2. The SMILES string of the molecule is Oc1cccc(CN2CCN(CCC(F)(F)F)CC2)c1. The molecular weight excluding hydrogens is 269 g/mol. The van der Waals surface area contributed by atoms with Crippen molar-refractivity contribution in [1.82, 2.24) is 9.80 Å². The molecule has 0 aliphatic carbocycles. The lowest BCUT2D eigenvalue weighted by molar-refractivity contribution is -0.138. The first kappa shape index (κ1) is 15.1. The van der Waals surface area contributed by atoms with Crippen molar-refractivity contribution in [1.29, 1.82) is 0 Å². The first-order valence-electron chi connectivity index (χ1n) is 6.72. The van der Waals surface area contributed by atoms with Crippen LogP contribution in [0.4, 0.5) is 13.2 Å². The van der Waals surface area contributed by atoms with Crippen LogP contribution in [0.3, 0.4) is 0 Å². The van der Waals surface area contributed by atoms with Gasteiger partial charge in [0.2, 0.25) is 0 Å². The van der Waals surface area contributed by atoms with Crippen molar-refractivity contribution in [3.8, 4) is 5.75 Å². The van der Waals surface area contributed by atoms with Crippen molar-refractivity contribution in [2.24, 2.45) is 0 Å². The highest BCUT2D eigenvalue weighted by molar-refractivity contribution is 5.27. The third-order valence-corrected chi connectivity index (χ3v) is 3.49. The zero-order valence-corrected chi connectivity index (χ0v) is 11.2. The maximum Gasteiger partial charge on any atom is 0.390 e. The molecule has 0 bridgehead atoms. The van der Waals surface area contributed by atoms with Gasteiger partial charge in [0.05, 0.1) is 6.42 Å². The molecule has 1 heterocycles. The Hall–Kier alpha value is -1.27. The van der Waals surface area contributed by atoms with Crippen molar-refractivity contribution < 1.29 is 18.3 Å². The summed E-state index contributed by atoms with van der Waals surface area (Å²) in [5, 5.41) is 9.40. The van der Waals surface area contributed by atoms with Crippen LogP contribution in [-0.4, -0.2) is 53.8 Å². The van der Waals surface area contributed by atoms with Gasteiger partial charge in [0, 0.05) is 39.3 Å². The Morgan fingerprint density at radius 1 is 1.05 bits per heavy atom. The first-order chi connectivity index (χ1) is 9.42. The lowest BCUT2D eigenvalue weighted by Gasteiger charge is -2.34. The highest BCUT2D eigenvalue weighted by atomic mass is 19.4. The van der Waals surface area contributed by atoms with Crippen LogP contribution in [0.5, 0.6) is 5.75 Å². The van der Waals surface area contributed by atoms with E-state index in [1.54, 1.807) is 18.2 Å². The van der Waals surface area contributed by atoms with Gasteiger partial charge in [-0.3, -0.25) is 4.90 Å².